The lowest BCUT2D eigenvalue weighted by Gasteiger charge is -2.28. The van der Waals surface area contributed by atoms with Gasteiger partial charge in [0, 0.05) is 0 Å². The second-order valence-corrected chi connectivity index (χ2v) is 9.17. The third kappa shape index (κ3) is 4.80. The molecule has 0 spiro atoms. The first-order valence-electron chi connectivity index (χ1n) is 10.9. The zero-order valence-electron chi connectivity index (χ0n) is 19.1. The molecule has 0 bridgehead atoms. The molecule has 162 valence electrons. The van der Waals surface area contributed by atoms with Crippen molar-refractivity contribution in [2.75, 3.05) is 14.2 Å². The monoisotopic (exact) mass is 410 g/mol. The number of methoxy groups -OCH3 is 2. The quantitative estimate of drug-likeness (QED) is 0.441. The molecule has 3 rings (SSSR count). The summed E-state index contributed by atoms with van der Waals surface area (Å²) in [5.74, 6) is 2.48. The Bertz CT molecular complexity index is 908. The minimum Gasteiger partial charge on any atom is -0.493 e. The molecule has 0 heterocycles. The van der Waals surface area contributed by atoms with Gasteiger partial charge in [0.1, 0.15) is 5.75 Å². The molecule has 0 amide bonds. The van der Waals surface area contributed by atoms with Gasteiger partial charge in [-0.25, -0.2) is 0 Å². The van der Waals surface area contributed by atoms with Crippen molar-refractivity contribution >= 4 is 5.97 Å². The number of hydrogen-bond donors (Lipinski definition) is 0. The summed E-state index contributed by atoms with van der Waals surface area (Å²) in [4.78, 5) is 12.2. The number of hydrogen-bond acceptors (Lipinski definition) is 4. The van der Waals surface area contributed by atoms with E-state index in [1.807, 2.05) is 32.9 Å². The van der Waals surface area contributed by atoms with Crippen LogP contribution in [0.25, 0.3) is 0 Å². The summed E-state index contributed by atoms with van der Waals surface area (Å²) < 4.78 is 16.7. The zero-order valence-corrected chi connectivity index (χ0v) is 19.1. The van der Waals surface area contributed by atoms with Crippen LogP contribution < -0.4 is 14.2 Å². The molecule has 1 aliphatic rings. The van der Waals surface area contributed by atoms with Crippen LogP contribution in [0.3, 0.4) is 0 Å². The molecule has 4 heteroatoms. The Morgan fingerprint density at radius 1 is 1.03 bits per heavy atom. The molecule has 0 aromatic heterocycles. The van der Waals surface area contributed by atoms with E-state index < -0.39 is 5.41 Å². The van der Waals surface area contributed by atoms with Gasteiger partial charge < -0.3 is 14.2 Å². The van der Waals surface area contributed by atoms with E-state index in [9.17, 15) is 4.79 Å². The number of aryl methyl sites for hydroxylation is 2. The van der Waals surface area contributed by atoms with E-state index in [-0.39, 0.29) is 5.97 Å². The maximum Gasteiger partial charge on any atom is 0.316 e. The van der Waals surface area contributed by atoms with Crippen molar-refractivity contribution in [2.24, 2.45) is 5.41 Å². The first-order valence-corrected chi connectivity index (χ1v) is 10.9. The van der Waals surface area contributed by atoms with E-state index >= 15 is 0 Å². The minimum atomic E-state index is -0.510. The van der Waals surface area contributed by atoms with Crippen LogP contribution in [0.5, 0.6) is 17.2 Å². The second kappa shape index (κ2) is 9.11. The average Bonchev–Trinajstić information content (AvgIpc) is 2.72. The Kier molecular flexibility index (Phi) is 6.74. The highest BCUT2D eigenvalue weighted by molar-refractivity contribution is 5.77. The first-order chi connectivity index (χ1) is 14.3. The molecule has 1 aliphatic carbocycles. The summed E-state index contributed by atoms with van der Waals surface area (Å²) >= 11 is 0. The van der Waals surface area contributed by atoms with Crippen molar-refractivity contribution in [2.45, 2.75) is 65.7 Å². The van der Waals surface area contributed by atoms with Crippen molar-refractivity contribution in [3.63, 3.8) is 0 Å². The lowest BCUT2D eigenvalue weighted by Crippen LogP contribution is -2.25. The average molecular weight is 411 g/mol. The van der Waals surface area contributed by atoms with Gasteiger partial charge in [0.2, 0.25) is 0 Å². The van der Waals surface area contributed by atoms with Crippen LogP contribution in [0, 0.1) is 5.41 Å². The largest absolute Gasteiger partial charge is 0.493 e. The molecule has 0 aliphatic heterocycles. The van der Waals surface area contributed by atoms with Crippen molar-refractivity contribution < 1.29 is 19.0 Å². The highest BCUT2D eigenvalue weighted by Gasteiger charge is 2.26. The van der Waals surface area contributed by atoms with Crippen LogP contribution in [0.4, 0.5) is 0 Å². The SMILES string of the molecule is CCCc1cc(OC)c(OC)cc1C1CCc2cc(OC(=O)C(C)(C)C)ccc2C1. The van der Waals surface area contributed by atoms with Crippen molar-refractivity contribution in [3.8, 4) is 17.2 Å². The van der Waals surface area contributed by atoms with Gasteiger partial charge in [0.15, 0.2) is 11.5 Å². The summed E-state index contributed by atoms with van der Waals surface area (Å²) in [6.45, 7) is 7.82. The standard InChI is InChI=1S/C26H34O4/c1-7-8-19-15-23(28-5)24(29-6)16-22(19)20-10-9-18-14-21(12-11-17(18)13-20)30-25(27)26(2,3)4/h11-12,14-16,20H,7-10,13H2,1-6H3. The van der Waals surface area contributed by atoms with Gasteiger partial charge in [0.25, 0.3) is 0 Å². The highest BCUT2D eigenvalue weighted by atomic mass is 16.5. The van der Waals surface area contributed by atoms with E-state index in [1.165, 1.54) is 22.3 Å². The number of benzene rings is 2. The van der Waals surface area contributed by atoms with Gasteiger partial charge in [-0.2, -0.15) is 0 Å². The molecular weight excluding hydrogens is 376 g/mol. The Hall–Kier alpha value is -2.49. The lowest BCUT2D eigenvalue weighted by atomic mass is 9.78. The van der Waals surface area contributed by atoms with Crippen LogP contribution in [0.15, 0.2) is 30.3 Å². The van der Waals surface area contributed by atoms with E-state index in [4.69, 9.17) is 14.2 Å². The van der Waals surface area contributed by atoms with E-state index in [1.54, 1.807) is 14.2 Å². The van der Waals surface area contributed by atoms with Gasteiger partial charge in [0.05, 0.1) is 19.6 Å². The fourth-order valence-electron chi connectivity index (χ4n) is 4.12. The van der Waals surface area contributed by atoms with Gasteiger partial charge in [-0.15, -0.1) is 0 Å². The van der Waals surface area contributed by atoms with Crippen LogP contribution in [0.1, 0.15) is 68.7 Å². The maximum atomic E-state index is 12.2. The zero-order chi connectivity index (χ0) is 21.9. The number of carbonyl (C=O) groups excluding carboxylic acids is 1. The Balaban J connectivity index is 1.85. The number of ether oxygens (including phenoxy) is 3. The number of esters is 1. The molecule has 1 unspecified atom stereocenters. The molecule has 1 atom stereocenters. The fourth-order valence-corrected chi connectivity index (χ4v) is 4.12. The molecule has 0 N–H and O–H groups in total. The van der Waals surface area contributed by atoms with E-state index in [0.29, 0.717) is 11.7 Å². The van der Waals surface area contributed by atoms with Crippen molar-refractivity contribution in [3.05, 3.63) is 52.6 Å². The molecule has 0 radical (unpaired) electrons. The first kappa shape index (κ1) is 22.2. The van der Waals surface area contributed by atoms with Crippen LogP contribution >= 0.6 is 0 Å². The molecule has 0 saturated heterocycles. The van der Waals surface area contributed by atoms with Gasteiger partial charge in [-0.1, -0.05) is 19.4 Å². The summed E-state index contributed by atoms with van der Waals surface area (Å²) in [6, 6.07) is 10.4. The molecule has 0 fully saturated rings. The number of fused-ring (bicyclic) bond motifs is 1. The molecule has 30 heavy (non-hydrogen) atoms. The van der Waals surface area contributed by atoms with Crippen LogP contribution in [-0.4, -0.2) is 20.2 Å². The van der Waals surface area contributed by atoms with Crippen molar-refractivity contribution in [1.82, 2.24) is 0 Å². The molecule has 4 nitrogen and oxygen atoms in total. The summed E-state index contributed by atoms with van der Waals surface area (Å²) in [5.41, 5.74) is 4.81. The predicted octanol–water partition coefficient (Wildman–Crippen LogP) is 5.88. The Labute approximate surface area is 180 Å². The smallest absolute Gasteiger partial charge is 0.316 e. The number of rotatable bonds is 6. The van der Waals surface area contributed by atoms with Crippen LogP contribution in [-0.2, 0) is 24.1 Å². The molecule has 2 aromatic rings. The lowest BCUT2D eigenvalue weighted by molar-refractivity contribution is -0.143. The molecule has 0 saturated carbocycles. The topological polar surface area (TPSA) is 44.8 Å². The fraction of sp³-hybridized carbons (Fsp3) is 0.500. The number of carbonyl (C=O) groups is 1. The Morgan fingerprint density at radius 2 is 1.73 bits per heavy atom. The summed E-state index contributed by atoms with van der Waals surface area (Å²) in [7, 11) is 3.38. The Morgan fingerprint density at radius 3 is 2.37 bits per heavy atom. The normalized spacial score (nSPS) is 16.0. The summed E-state index contributed by atoms with van der Waals surface area (Å²) in [5, 5.41) is 0. The predicted molar refractivity (Wildman–Crippen MR) is 120 cm³/mol. The van der Waals surface area contributed by atoms with Crippen LogP contribution in [0.2, 0.25) is 0 Å². The van der Waals surface area contributed by atoms with Crippen molar-refractivity contribution in [1.29, 1.82) is 0 Å². The molecule has 2 aromatic carbocycles. The minimum absolute atomic E-state index is 0.203. The van der Waals surface area contributed by atoms with Gasteiger partial charge in [-0.05, 0) is 98.9 Å². The maximum absolute atomic E-state index is 12.2. The highest BCUT2D eigenvalue weighted by Crippen LogP contribution is 2.40. The van der Waals surface area contributed by atoms with E-state index in [0.717, 1.165) is 43.6 Å². The third-order valence-corrected chi connectivity index (χ3v) is 5.83. The van der Waals surface area contributed by atoms with Gasteiger partial charge in [-0.3, -0.25) is 4.79 Å². The van der Waals surface area contributed by atoms with E-state index in [2.05, 4.69) is 25.1 Å². The molecular formula is C26H34O4. The summed E-state index contributed by atoms with van der Waals surface area (Å²) in [6.07, 6.45) is 5.14. The second-order valence-electron chi connectivity index (χ2n) is 9.17. The van der Waals surface area contributed by atoms with Gasteiger partial charge >= 0.3 is 5.97 Å². The third-order valence-electron chi connectivity index (χ3n) is 5.83.